The number of nitrogens with zero attached hydrogens (tertiary/aromatic N) is 6. The Kier molecular flexibility index (Phi) is 5.36. The minimum Gasteiger partial charge on any atom is -0.374 e. The highest BCUT2D eigenvalue weighted by atomic mass is 16.3. The Morgan fingerprint density at radius 3 is 2.69 bits per heavy atom. The van der Waals surface area contributed by atoms with Crippen molar-refractivity contribution in [2.75, 3.05) is 24.5 Å². The molecule has 7 nitrogen and oxygen atoms in total. The van der Waals surface area contributed by atoms with Crippen molar-refractivity contribution < 1.29 is 5.11 Å². The molecule has 1 saturated heterocycles. The van der Waals surface area contributed by atoms with Gasteiger partial charge in [0.15, 0.2) is 5.65 Å². The molecule has 1 N–H and O–H groups in total. The molecule has 7 heteroatoms. The number of fused-ring (bicyclic) bond motifs is 1. The molecule has 2 atom stereocenters. The molecule has 0 radical (unpaired) electrons. The van der Waals surface area contributed by atoms with Gasteiger partial charge in [0.25, 0.3) is 0 Å². The van der Waals surface area contributed by atoms with Crippen molar-refractivity contribution in [1.82, 2.24) is 24.9 Å². The smallest absolute Gasteiger partial charge is 0.183 e. The first-order chi connectivity index (χ1) is 15.5. The molecule has 0 saturated carbocycles. The van der Waals surface area contributed by atoms with Crippen LogP contribution in [0.5, 0.6) is 0 Å². The number of rotatable bonds is 4. The average Bonchev–Trinajstić information content (AvgIpc) is 3.23. The molecule has 164 valence electrons. The Bertz CT molecular complexity index is 1250. The minimum atomic E-state index is -0.681. The van der Waals surface area contributed by atoms with E-state index in [1.54, 1.807) is 10.9 Å². The van der Waals surface area contributed by atoms with Gasteiger partial charge in [-0.05, 0) is 62.2 Å². The van der Waals surface area contributed by atoms with Crippen molar-refractivity contribution in [3.8, 4) is 5.69 Å². The van der Waals surface area contributed by atoms with E-state index in [9.17, 15) is 5.11 Å². The van der Waals surface area contributed by atoms with Crippen molar-refractivity contribution in [3.05, 3.63) is 77.5 Å². The molecular weight excluding hydrogens is 400 g/mol. The zero-order valence-electron chi connectivity index (χ0n) is 18.7. The fourth-order valence-corrected chi connectivity index (χ4v) is 4.67. The van der Waals surface area contributed by atoms with Crippen LogP contribution in [0.3, 0.4) is 0 Å². The van der Waals surface area contributed by atoms with Crippen LogP contribution in [0.2, 0.25) is 0 Å². The van der Waals surface area contributed by atoms with E-state index in [0.717, 1.165) is 42.0 Å². The van der Waals surface area contributed by atoms with E-state index in [1.165, 1.54) is 11.3 Å². The number of pyridine rings is 1. The Morgan fingerprint density at radius 2 is 1.88 bits per heavy atom. The third-order valence-corrected chi connectivity index (χ3v) is 6.40. The number of hydrogen-bond acceptors (Lipinski definition) is 6. The summed E-state index contributed by atoms with van der Waals surface area (Å²) in [6.45, 7) is 8.81. The van der Waals surface area contributed by atoms with Crippen LogP contribution < -0.4 is 4.90 Å². The molecule has 4 aromatic rings. The molecule has 2 aromatic heterocycles. The third-order valence-electron chi connectivity index (χ3n) is 6.40. The van der Waals surface area contributed by atoms with E-state index in [0.29, 0.717) is 11.7 Å². The quantitative estimate of drug-likeness (QED) is 0.535. The summed E-state index contributed by atoms with van der Waals surface area (Å²) in [5.41, 5.74) is 6.72. The van der Waals surface area contributed by atoms with Gasteiger partial charge < -0.3 is 10.0 Å². The predicted molar refractivity (Wildman–Crippen MR) is 126 cm³/mol. The normalized spacial score (nSPS) is 18.2. The molecule has 1 fully saturated rings. The molecule has 2 unspecified atom stereocenters. The van der Waals surface area contributed by atoms with Gasteiger partial charge in [-0.1, -0.05) is 29.5 Å². The van der Waals surface area contributed by atoms with Crippen LogP contribution in [-0.4, -0.2) is 55.7 Å². The number of aliphatic hydroxyl groups is 1. The monoisotopic (exact) mass is 428 g/mol. The maximum atomic E-state index is 11.3. The Morgan fingerprint density at radius 1 is 1.03 bits per heavy atom. The number of piperazine rings is 1. The van der Waals surface area contributed by atoms with Crippen molar-refractivity contribution in [2.45, 2.75) is 33.0 Å². The second kappa shape index (κ2) is 8.33. The van der Waals surface area contributed by atoms with Gasteiger partial charge in [-0.2, -0.15) is 4.68 Å². The van der Waals surface area contributed by atoms with E-state index in [4.69, 9.17) is 0 Å². The third kappa shape index (κ3) is 3.63. The van der Waals surface area contributed by atoms with E-state index in [1.807, 2.05) is 37.3 Å². The minimum absolute atomic E-state index is 0.298. The van der Waals surface area contributed by atoms with Gasteiger partial charge in [0.05, 0.1) is 5.69 Å². The highest BCUT2D eigenvalue weighted by Gasteiger charge is 2.29. The van der Waals surface area contributed by atoms with Gasteiger partial charge in [0.1, 0.15) is 11.7 Å². The van der Waals surface area contributed by atoms with Gasteiger partial charge in [-0.3, -0.25) is 4.90 Å². The largest absolute Gasteiger partial charge is 0.374 e. The topological polar surface area (TPSA) is 70.3 Å². The number of hydrogen-bond donors (Lipinski definition) is 1. The summed E-state index contributed by atoms with van der Waals surface area (Å²) in [5.74, 6) is 0. The molecule has 0 amide bonds. The second-order valence-electron chi connectivity index (χ2n) is 8.59. The van der Waals surface area contributed by atoms with Gasteiger partial charge in [-0.25, -0.2) is 4.98 Å². The predicted octanol–water partition coefficient (Wildman–Crippen LogP) is 3.63. The highest BCUT2D eigenvalue weighted by molar-refractivity contribution is 5.71. The first-order valence-corrected chi connectivity index (χ1v) is 11.0. The standard InChI is InChI=1S/C25H28N6O/c1-17-7-4-8-20(15-17)30-14-13-29(16-18(30)2)25(32)21-9-5-11-23(19(21)3)31-24-22(27-28-31)10-6-12-26-24/h4-12,15,18,25,32H,13-14,16H2,1-3H3. The van der Waals surface area contributed by atoms with Crippen molar-refractivity contribution in [3.63, 3.8) is 0 Å². The lowest BCUT2D eigenvalue weighted by atomic mass is 10.0. The van der Waals surface area contributed by atoms with Crippen LogP contribution in [0.25, 0.3) is 16.9 Å². The molecule has 32 heavy (non-hydrogen) atoms. The maximum Gasteiger partial charge on any atom is 0.183 e. The van der Waals surface area contributed by atoms with Crippen LogP contribution in [0, 0.1) is 13.8 Å². The number of aryl methyl sites for hydroxylation is 1. The first kappa shape index (κ1) is 20.6. The summed E-state index contributed by atoms with van der Waals surface area (Å²) < 4.78 is 1.75. The highest BCUT2D eigenvalue weighted by Crippen LogP contribution is 2.30. The number of aromatic nitrogens is 4. The number of aliphatic hydroxyl groups excluding tert-OH is 1. The molecule has 0 spiro atoms. The Balaban J connectivity index is 1.40. The average molecular weight is 429 g/mol. The van der Waals surface area contributed by atoms with Crippen molar-refractivity contribution in [2.24, 2.45) is 0 Å². The summed E-state index contributed by atoms with van der Waals surface area (Å²) in [7, 11) is 0. The molecule has 2 aromatic carbocycles. The maximum absolute atomic E-state index is 11.3. The van der Waals surface area contributed by atoms with Crippen molar-refractivity contribution >= 4 is 16.9 Å². The van der Waals surface area contributed by atoms with E-state index in [2.05, 4.69) is 63.2 Å². The summed E-state index contributed by atoms with van der Waals surface area (Å²) >= 11 is 0. The summed E-state index contributed by atoms with van der Waals surface area (Å²) in [6.07, 6.45) is 1.06. The molecule has 0 aliphatic carbocycles. The molecule has 1 aliphatic heterocycles. The molecule has 3 heterocycles. The Labute approximate surface area is 187 Å². The number of anilines is 1. The second-order valence-corrected chi connectivity index (χ2v) is 8.59. The summed E-state index contributed by atoms with van der Waals surface area (Å²) in [5, 5.41) is 19.9. The van der Waals surface area contributed by atoms with E-state index < -0.39 is 6.23 Å². The Hall–Kier alpha value is -3.29. The van der Waals surface area contributed by atoms with Gasteiger partial charge in [0, 0.05) is 43.1 Å². The van der Waals surface area contributed by atoms with E-state index in [-0.39, 0.29) is 0 Å². The molecule has 1 aliphatic rings. The van der Waals surface area contributed by atoms with Crippen LogP contribution in [0.15, 0.2) is 60.8 Å². The van der Waals surface area contributed by atoms with Crippen molar-refractivity contribution in [1.29, 1.82) is 0 Å². The van der Waals surface area contributed by atoms with Gasteiger partial charge in [0.2, 0.25) is 0 Å². The summed E-state index contributed by atoms with van der Waals surface area (Å²) in [6, 6.07) is 18.6. The number of benzene rings is 2. The first-order valence-electron chi connectivity index (χ1n) is 11.0. The SMILES string of the molecule is Cc1cccc(N2CCN(C(O)c3cccc(-n4nnc5cccnc54)c3C)CC2C)c1. The van der Waals surface area contributed by atoms with Crippen LogP contribution in [-0.2, 0) is 0 Å². The van der Waals surface area contributed by atoms with Crippen LogP contribution >= 0.6 is 0 Å². The fraction of sp³-hybridized carbons (Fsp3) is 0.320. The zero-order chi connectivity index (χ0) is 22.2. The fourth-order valence-electron chi connectivity index (χ4n) is 4.67. The van der Waals surface area contributed by atoms with Gasteiger partial charge >= 0.3 is 0 Å². The lowest BCUT2D eigenvalue weighted by Gasteiger charge is -2.43. The van der Waals surface area contributed by atoms with Crippen LogP contribution in [0.1, 0.15) is 29.8 Å². The van der Waals surface area contributed by atoms with E-state index >= 15 is 0 Å². The van der Waals surface area contributed by atoms with Crippen LogP contribution in [0.4, 0.5) is 5.69 Å². The molecular formula is C25H28N6O. The summed E-state index contributed by atoms with van der Waals surface area (Å²) in [4.78, 5) is 9.01. The lowest BCUT2D eigenvalue weighted by molar-refractivity contribution is -0.00907. The molecule has 0 bridgehead atoms. The molecule has 5 rings (SSSR count). The lowest BCUT2D eigenvalue weighted by Crippen LogP contribution is -2.53. The van der Waals surface area contributed by atoms with Gasteiger partial charge in [-0.15, -0.1) is 5.10 Å². The zero-order valence-corrected chi connectivity index (χ0v) is 18.7.